The second-order valence-corrected chi connectivity index (χ2v) is 8.38. The van der Waals surface area contributed by atoms with Gasteiger partial charge in [0, 0.05) is 23.8 Å². The molecule has 0 unspecified atom stereocenters. The maximum absolute atomic E-state index is 14.8. The number of ether oxygens (including phenoxy) is 1. The molecule has 0 radical (unpaired) electrons. The molecule has 0 saturated carbocycles. The molecule has 1 amide bonds. The van der Waals surface area contributed by atoms with Crippen molar-refractivity contribution in [1.82, 2.24) is 15.5 Å². The zero-order valence-corrected chi connectivity index (χ0v) is 19.1. The number of rotatable bonds is 5. The summed E-state index contributed by atoms with van der Waals surface area (Å²) in [7, 11) is 0. The van der Waals surface area contributed by atoms with Crippen molar-refractivity contribution in [3.8, 4) is 11.1 Å². The molecule has 3 aromatic carbocycles. The minimum absolute atomic E-state index is 0.240. The number of aliphatic imine (C=N–C) groups is 1. The lowest BCUT2D eigenvalue weighted by atomic mass is 9.97. The first-order chi connectivity index (χ1) is 17.0. The van der Waals surface area contributed by atoms with Crippen LogP contribution in [-0.4, -0.2) is 28.7 Å². The quantitative estimate of drug-likeness (QED) is 0.427. The Morgan fingerprint density at radius 2 is 1.94 bits per heavy atom. The molecule has 0 fully saturated rings. The zero-order chi connectivity index (χ0) is 24.4. The second-order valence-electron chi connectivity index (χ2n) is 8.38. The lowest BCUT2D eigenvalue weighted by molar-refractivity contribution is 0.151. The Morgan fingerprint density at radius 3 is 2.77 bits per heavy atom. The largest absolute Gasteiger partial charge is 0.449 e. The lowest BCUT2D eigenvalue weighted by Gasteiger charge is -2.09. The van der Waals surface area contributed by atoms with Crippen molar-refractivity contribution in [3.05, 3.63) is 93.7 Å². The highest BCUT2D eigenvalue weighted by atomic mass is 19.1. The van der Waals surface area contributed by atoms with Gasteiger partial charge in [-0.3, -0.25) is 10.1 Å². The number of carbonyl (C=O) groups is 1. The summed E-state index contributed by atoms with van der Waals surface area (Å²) in [4.78, 5) is 28.4. The number of alkyl carbamates (subject to hydrolysis) is 1. The van der Waals surface area contributed by atoms with Gasteiger partial charge in [-0.1, -0.05) is 43.3 Å². The highest BCUT2D eigenvalue weighted by Gasteiger charge is 2.19. The summed E-state index contributed by atoms with van der Waals surface area (Å²) >= 11 is 0. The Bertz CT molecular complexity index is 1530. The van der Waals surface area contributed by atoms with Gasteiger partial charge >= 0.3 is 6.09 Å². The van der Waals surface area contributed by atoms with Gasteiger partial charge in [-0.15, -0.1) is 0 Å². The molecule has 0 spiro atoms. The Morgan fingerprint density at radius 1 is 1.11 bits per heavy atom. The number of amidine groups is 1. The smallest absolute Gasteiger partial charge is 0.412 e. The third-order valence-electron chi connectivity index (χ3n) is 5.87. The topological polar surface area (TPSA) is 96.4 Å². The number of aromatic nitrogens is 2. The number of amides is 1. The number of nitrogens with zero attached hydrogens (tertiary/aromatic N) is 2. The SMILES string of the molecule is CCCOC(=O)NC1=Nc2cc(-c3cc(Cc4n[nH]c(=O)c5ccccc45)ccc3F)ccc2C1. The standard InChI is InChI=1S/C27H23FN4O3/c1-2-11-35-27(34)30-25-15-18-9-8-17(14-23(18)29-25)21-12-16(7-10-22(21)28)13-24-19-5-3-4-6-20(19)26(33)32-31-24/h3-10,12,14H,2,11,13,15H2,1H3,(H,32,33)(H,29,30,34). The molecule has 8 heteroatoms. The molecule has 35 heavy (non-hydrogen) atoms. The number of nitrogens with one attached hydrogen (secondary N) is 2. The fourth-order valence-electron chi connectivity index (χ4n) is 4.17. The molecule has 7 nitrogen and oxygen atoms in total. The maximum atomic E-state index is 14.8. The van der Waals surface area contributed by atoms with Crippen LogP contribution in [0.1, 0.15) is 30.2 Å². The fourth-order valence-corrected chi connectivity index (χ4v) is 4.17. The monoisotopic (exact) mass is 470 g/mol. The minimum atomic E-state index is -0.527. The second kappa shape index (κ2) is 9.50. The van der Waals surface area contributed by atoms with Crippen LogP contribution in [0.2, 0.25) is 0 Å². The summed E-state index contributed by atoms with van der Waals surface area (Å²) in [6.45, 7) is 2.27. The van der Waals surface area contributed by atoms with Crippen LogP contribution >= 0.6 is 0 Å². The first-order valence-electron chi connectivity index (χ1n) is 11.4. The van der Waals surface area contributed by atoms with E-state index < -0.39 is 6.09 Å². The van der Waals surface area contributed by atoms with Crippen molar-refractivity contribution in [2.75, 3.05) is 6.61 Å². The van der Waals surface area contributed by atoms with Crippen molar-refractivity contribution >= 4 is 28.4 Å². The van der Waals surface area contributed by atoms with Crippen molar-refractivity contribution in [2.45, 2.75) is 26.2 Å². The molecular formula is C27H23FN4O3. The average Bonchev–Trinajstić information content (AvgIpc) is 3.27. The van der Waals surface area contributed by atoms with Crippen LogP contribution in [0.4, 0.5) is 14.9 Å². The summed E-state index contributed by atoms with van der Waals surface area (Å²) < 4.78 is 19.9. The number of hydrogen-bond acceptors (Lipinski definition) is 5. The van der Waals surface area contributed by atoms with Crippen LogP contribution in [0, 0.1) is 5.82 Å². The third-order valence-corrected chi connectivity index (χ3v) is 5.87. The van der Waals surface area contributed by atoms with Crippen LogP contribution in [0.3, 0.4) is 0 Å². The van der Waals surface area contributed by atoms with E-state index in [-0.39, 0.29) is 11.4 Å². The molecule has 176 valence electrons. The van der Waals surface area contributed by atoms with Crippen LogP contribution < -0.4 is 10.9 Å². The van der Waals surface area contributed by atoms with Crippen molar-refractivity contribution in [1.29, 1.82) is 0 Å². The normalized spacial score (nSPS) is 12.3. The maximum Gasteiger partial charge on any atom is 0.412 e. The van der Waals surface area contributed by atoms with E-state index in [1.807, 2.05) is 43.3 Å². The van der Waals surface area contributed by atoms with E-state index in [0.717, 1.165) is 22.9 Å². The van der Waals surface area contributed by atoms with Gasteiger partial charge in [0.1, 0.15) is 11.7 Å². The van der Waals surface area contributed by atoms with Crippen LogP contribution in [-0.2, 0) is 17.6 Å². The molecule has 2 heterocycles. The molecule has 1 aliphatic rings. The van der Waals surface area contributed by atoms with Crippen molar-refractivity contribution < 1.29 is 13.9 Å². The van der Waals surface area contributed by atoms with Gasteiger partial charge in [0.25, 0.3) is 5.56 Å². The molecule has 5 rings (SSSR count). The van der Waals surface area contributed by atoms with E-state index in [1.165, 1.54) is 6.07 Å². The molecule has 0 atom stereocenters. The predicted molar refractivity (Wildman–Crippen MR) is 133 cm³/mol. The minimum Gasteiger partial charge on any atom is -0.449 e. The summed E-state index contributed by atoms with van der Waals surface area (Å²) in [5, 5.41) is 10.8. The first kappa shape index (κ1) is 22.5. The number of hydrogen-bond donors (Lipinski definition) is 2. The number of H-pyrrole nitrogens is 1. The number of benzene rings is 3. The number of aromatic amines is 1. The van der Waals surface area contributed by atoms with Gasteiger partial charge in [-0.2, -0.15) is 5.10 Å². The van der Waals surface area contributed by atoms with E-state index in [4.69, 9.17) is 4.74 Å². The van der Waals surface area contributed by atoms with Gasteiger partial charge in [-0.05, 0) is 47.4 Å². The molecule has 1 aromatic heterocycles. The van der Waals surface area contributed by atoms with Gasteiger partial charge in [0.2, 0.25) is 0 Å². The Kier molecular flexibility index (Phi) is 6.10. The van der Waals surface area contributed by atoms with E-state index in [2.05, 4.69) is 20.5 Å². The van der Waals surface area contributed by atoms with E-state index >= 15 is 0 Å². The molecule has 4 aromatic rings. The summed E-state index contributed by atoms with van der Waals surface area (Å²) in [6.07, 6.45) is 1.12. The predicted octanol–water partition coefficient (Wildman–Crippen LogP) is 5.04. The zero-order valence-electron chi connectivity index (χ0n) is 19.1. The molecule has 0 bridgehead atoms. The Labute approximate surface area is 200 Å². The van der Waals surface area contributed by atoms with Crippen molar-refractivity contribution in [2.24, 2.45) is 4.99 Å². The van der Waals surface area contributed by atoms with E-state index in [0.29, 0.717) is 53.2 Å². The van der Waals surface area contributed by atoms with Crippen LogP contribution in [0.5, 0.6) is 0 Å². The molecule has 2 N–H and O–H groups in total. The number of fused-ring (bicyclic) bond motifs is 2. The summed E-state index contributed by atoms with van der Waals surface area (Å²) in [6, 6.07) is 17.8. The molecule has 1 aliphatic heterocycles. The van der Waals surface area contributed by atoms with E-state index in [1.54, 1.807) is 18.2 Å². The fraction of sp³-hybridized carbons (Fsp3) is 0.185. The highest BCUT2D eigenvalue weighted by molar-refractivity contribution is 6.01. The molecular weight excluding hydrogens is 447 g/mol. The van der Waals surface area contributed by atoms with Crippen LogP contribution in [0.25, 0.3) is 21.9 Å². The third kappa shape index (κ3) is 4.68. The molecule has 0 aliphatic carbocycles. The highest BCUT2D eigenvalue weighted by Crippen LogP contribution is 2.33. The average molecular weight is 471 g/mol. The van der Waals surface area contributed by atoms with Crippen molar-refractivity contribution in [3.63, 3.8) is 0 Å². The van der Waals surface area contributed by atoms with Gasteiger partial charge in [0.15, 0.2) is 0 Å². The number of carbonyl (C=O) groups excluding carboxylic acids is 1. The molecule has 0 saturated heterocycles. The van der Waals surface area contributed by atoms with Gasteiger partial charge < -0.3 is 4.74 Å². The summed E-state index contributed by atoms with van der Waals surface area (Å²) in [5.41, 5.74) is 4.08. The van der Waals surface area contributed by atoms with Crippen LogP contribution in [0.15, 0.2) is 70.5 Å². The van der Waals surface area contributed by atoms with E-state index in [9.17, 15) is 14.0 Å². The Hall–Kier alpha value is -4.33. The van der Waals surface area contributed by atoms with Gasteiger partial charge in [0.05, 0.1) is 23.4 Å². The first-order valence-corrected chi connectivity index (χ1v) is 11.4. The van der Waals surface area contributed by atoms with Gasteiger partial charge in [-0.25, -0.2) is 19.3 Å². The number of halogens is 1. The lowest BCUT2D eigenvalue weighted by Crippen LogP contribution is -2.31. The summed E-state index contributed by atoms with van der Waals surface area (Å²) in [5.74, 6) is 0.153. The Balaban J connectivity index is 1.42.